The summed E-state index contributed by atoms with van der Waals surface area (Å²) < 4.78 is 11.8. The molecule has 25 heavy (non-hydrogen) atoms. The van der Waals surface area contributed by atoms with Crippen LogP contribution in [0.15, 0.2) is 24.3 Å². The molecule has 4 rings (SSSR count). The third-order valence-corrected chi connectivity index (χ3v) is 5.63. The van der Waals surface area contributed by atoms with E-state index in [1.54, 1.807) is 11.9 Å². The van der Waals surface area contributed by atoms with Crippen molar-refractivity contribution in [3.8, 4) is 5.75 Å². The number of para-hydroxylation sites is 1. The van der Waals surface area contributed by atoms with Crippen molar-refractivity contribution in [3.63, 3.8) is 0 Å². The van der Waals surface area contributed by atoms with E-state index >= 15 is 0 Å². The molecule has 0 radical (unpaired) electrons. The Hall–Kier alpha value is -2.08. The van der Waals surface area contributed by atoms with E-state index in [2.05, 4.69) is 5.32 Å². The minimum Gasteiger partial charge on any atom is -0.487 e. The average molecular weight is 344 g/mol. The molecule has 0 unspecified atom stereocenters. The van der Waals surface area contributed by atoms with Gasteiger partial charge < -0.3 is 19.7 Å². The van der Waals surface area contributed by atoms with Crippen molar-refractivity contribution in [2.75, 3.05) is 26.8 Å². The monoisotopic (exact) mass is 344 g/mol. The van der Waals surface area contributed by atoms with Crippen LogP contribution in [0.4, 0.5) is 0 Å². The number of amides is 2. The van der Waals surface area contributed by atoms with Gasteiger partial charge in [0, 0.05) is 44.8 Å². The summed E-state index contributed by atoms with van der Waals surface area (Å²) in [4.78, 5) is 26.1. The number of nitrogens with zero attached hydrogens (tertiary/aromatic N) is 1. The highest BCUT2D eigenvalue weighted by Crippen LogP contribution is 2.44. The summed E-state index contributed by atoms with van der Waals surface area (Å²) in [5, 5.41) is 3.19. The van der Waals surface area contributed by atoms with Crippen molar-refractivity contribution in [1.29, 1.82) is 0 Å². The minimum atomic E-state index is -0.271. The Labute approximate surface area is 147 Å². The SMILES string of the molecule is CN1C[C@@H](C(=O)N[C@@H]2CC3(CCOCC3)Oc3ccccc32)CC1=O. The summed E-state index contributed by atoms with van der Waals surface area (Å²) in [6.07, 6.45) is 2.71. The Morgan fingerprint density at radius 1 is 1.28 bits per heavy atom. The van der Waals surface area contributed by atoms with E-state index < -0.39 is 0 Å². The molecule has 6 heteroatoms. The van der Waals surface area contributed by atoms with E-state index in [-0.39, 0.29) is 29.4 Å². The molecule has 1 aromatic rings. The number of fused-ring (bicyclic) bond motifs is 1. The lowest BCUT2D eigenvalue weighted by Crippen LogP contribution is -2.49. The van der Waals surface area contributed by atoms with Gasteiger partial charge in [-0.3, -0.25) is 9.59 Å². The molecule has 0 saturated carbocycles. The predicted octanol–water partition coefficient (Wildman–Crippen LogP) is 1.65. The highest BCUT2D eigenvalue weighted by molar-refractivity contribution is 5.89. The average Bonchev–Trinajstić information content (AvgIpc) is 2.95. The first-order chi connectivity index (χ1) is 12.1. The predicted molar refractivity (Wildman–Crippen MR) is 91.1 cm³/mol. The molecule has 2 amide bonds. The number of ether oxygens (including phenoxy) is 2. The Morgan fingerprint density at radius 2 is 2.04 bits per heavy atom. The number of rotatable bonds is 2. The summed E-state index contributed by atoms with van der Waals surface area (Å²) in [5.41, 5.74) is 0.748. The fourth-order valence-corrected chi connectivity index (χ4v) is 4.13. The number of carbonyl (C=O) groups excluding carboxylic acids is 2. The van der Waals surface area contributed by atoms with Crippen molar-refractivity contribution in [2.24, 2.45) is 5.92 Å². The molecule has 6 nitrogen and oxygen atoms in total. The van der Waals surface area contributed by atoms with Gasteiger partial charge >= 0.3 is 0 Å². The normalized spacial score (nSPS) is 27.7. The second kappa shape index (κ2) is 6.33. The van der Waals surface area contributed by atoms with Crippen LogP contribution in [0.1, 0.15) is 37.3 Å². The van der Waals surface area contributed by atoms with Gasteiger partial charge in [0.25, 0.3) is 0 Å². The van der Waals surface area contributed by atoms with Crippen molar-refractivity contribution >= 4 is 11.8 Å². The zero-order valence-electron chi connectivity index (χ0n) is 14.5. The van der Waals surface area contributed by atoms with Crippen molar-refractivity contribution in [1.82, 2.24) is 10.2 Å². The molecule has 3 aliphatic heterocycles. The smallest absolute Gasteiger partial charge is 0.225 e. The van der Waals surface area contributed by atoms with E-state index in [1.165, 1.54) is 0 Å². The first-order valence-corrected chi connectivity index (χ1v) is 8.96. The maximum Gasteiger partial charge on any atom is 0.225 e. The quantitative estimate of drug-likeness (QED) is 0.886. The van der Waals surface area contributed by atoms with Crippen LogP contribution in [-0.2, 0) is 14.3 Å². The highest BCUT2D eigenvalue weighted by Gasteiger charge is 2.43. The summed E-state index contributed by atoms with van der Waals surface area (Å²) >= 11 is 0. The van der Waals surface area contributed by atoms with Gasteiger partial charge in [-0.2, -0.15) is 0 Å². The molecule has 2 fully saturated rings. The van der Waals surface area contributed by atoms with E-state index in [0.717, 1.165) is 30.6 Å². The molecule has 0 bridgehead atoms. The van der Waals surface area contributed by atoms with Crippen LogP contribution in [0.2, 0.25) is 0 Å². The van der Waals surface area contributed by atoms with Crippen LogP contribution in [-0.4, -0.2) is 49.1 Å². The van der Waals surface area contributed by atoms with E-state index in [1.807, 2.05) is 24.3 Å². The van der Waals surface area contributed by atoms with Crippen LogP contribution in [0.5, 0.6) is 5.75 Å². The zero-order valence-corrected chi connectivity index (χ0v) is 14.5. The molecule has 1 aromatic carbocycles. The number of carbonyl (C=O) groups is 2. The molecule has 3 heterocycles. The molecule has 0 aliphatic carbocycles. The van der Waals surface area contributed by atoms with Crippen molar-refractivity contribution in [2.45, 2.75) is 37.3 Å². The van der Waals surface area contributed by atoms with Gasteiger partial charge in [0.05, 0.1) is 25.2 Å². The molecule has 0 aromatic heterocycles. The number of hydrogen-bond acceptors (Lipinski definition) is 4. The Kier molecular flexibility index (Phi) is 4.15. The molecule has 3 aliphatic rings. The molecule has 2 saturated heterocycles. The maximum absolute atomic E-state index is 12.7. The standard InChI is InChI=1S/C19H24N2O4/c1-21-12-13(10-17(21)22)18(23)20-15-11-19(6-8-24-9-7-19)25-16-5-3-2-4-14(15)16/h2-5,13,15H,6-12H2,1H3,(H,20,23)/t13-,15+/m0/s1. The summed E-state index contributed by atoms with van der Waals surface area (Å²) in [5.74, 6) is 0.578. The van der Waals surface area contributed by atoms with Crippen molar-refractivity contribution in [3.05, 3.63) is 29.8 Å². The first-order valence-electron chi connectivity index (χ1n) is 8.96. The molecule has 2 atom stereocenters. The second-order valence-corrected chi connectivity index (χ2v) is 7.38. The largest absolute Gasteiger partial charge is 0.487 e. The van der Waals surface area contributed by atoms with Gasteiger partial charge in [-0.05, 0) is 6.07 Å². The van der Waals surface area contributed by atoms with Crippen LogP contribution in [0, 0.1) is 5.92 Å². The van der Waals surface area contributed by atoms with E-state index in [0.29, 0.717) is 26.2 Å². The fourth-order valence-electron chi connectivity index (χ4n) is 4.13. The van der Waals surface area contributed by atoms with Gasteiger partial charge in [0.1, 0.15) is 11.4 Å². The summed E-state index contributed by atoms with van der Waals surface area (Å²) in [6, 6.07) is 7.82. The van der Waals surface area contributed by atoms with E-state index in [9.17, 15) is 9.59 Å². The molecule has 1 N–H and O–H groups in total. The van der Waals surface area contributed by atoms with Gasteiger partial charge in [0.2, 0.25) is 11.8 Å². The Bertz CT molecular complexity index is 684. The molecule has 1 spiro atoms. The number of hydrogen-bond donors (Lipinski definition) is 1. The third-order valence-electron chi connectivity index (χ3n) is 5.63. The van der Waals surface area contributed by atoms with Gasteiger partial charge in [0.15, 0.2) is 0 Å². The maximum atomic E-state index is 12.7. The molecular weight excluding hydrogens is 320 g/mol. The Balaban J connectivity index is 1.55. The van der Waals surface area contributed by atoms with Crippen LogP contribution >= 0.6 is 0 Å². The van der Waals surface area contributed by atoms with Crippen LogP contribution < -0.4 is 10.1 Å². The Morgan fingerprint density at radius 3 is 2.76 bits per heavy atom. The lowest BCUT2D eigenvalue weighted by atomic mass is 9.82. The number of nitrogens with one attached hydrogen (secondary N) is 1. The first kappa shape index (κ1) is 16.4. The number of benzene rings is 1. The summed E-state index contributed by atoms with van der Waals surface area (Å²) in [6.45, 7) is 1.87. The highest BCUT2D eigenvalue weighted by atomic mass is 16.5. The number of likely N-dealkylation sites (tertiary alicyclic amines) is 1. The van der Waals surface area contributed by atoms with Crippen LogP contribution in [0.25, 0.3) is 0 Å². The lowest BCUT2D eigenvalue weighted by molar-refractivity contribution is -0.129. The minimum absolute atomic E-state index is 0.0356. The van der Waals surface area contributed by atoms with Crippen LogP contribution in [0.3, 0.4) is 0 Å². The van der Waals surface area contributed by atoms with Gasteiger partial charge in [-0.25, -0.2) is 0 Å². The zero-order chi connectivity index (χ0) is 17.4. The fraction of sp³-hybridized carbons (Fsp3) is 0.579. The van der Waals surface area contributed by atoms with Crippen molar-refractivity contribution < 1.29 is 19.1 Å². The summed E-state index contributed by atoms with van der Waals surface area (Å²) in [7, 11) is 1.75. The lowest BCUT2D eigenvalue weighted by Gasteiger charge is -2.44. The topological polar surface area (TPSA) is 67.9 Å². The molecule has 134 valence electrons. The van der Waals surface area contributed by atoms with Gasteiger partial charge in [-0.15, -0.1) is 0 Å². The molecular formula is C19H24N2O4. The third kappa shape index (κ3) is 3.11. The van der Waals surface area contributed by atoms with E-state index in [4.69, 9.17) is 9.47 Å². The van der Waals surface area contributed by atoms with Gasteiger partial charge in [-0.1, -0.05) is 18.2 Å². The second-order valence-electron chi connectivity index (χ2n) is 7.38.